The van der Waals surface area contributed by atoms with Gasteiger partial charge < -0.3 is 5.32 Å². The number of aromatic amines is 1. The first kappa shape index (κ1) is 18.4. The smallest absolute Gasteiger partial charge is 0.273 e. The third-order valence-corrected chi connectivity index (χ3v) is 4.94. The second-order valence-corrected chi connectivity index (χ2v) is 7.45. The van der Waals surface area contributed by atoms with Crippen molar-refractivity contribution in [1.29, 1.82) is 0 Å². The Morgan fingerprint density at radius 2 is 1.92 bits per heavy atom. The fourth-order valence-electron chi connectivity index (χ4n) is 2.47. The normalized spacial score (nSPS) is 10.7. The third kappa shape index (κ3) is 4.03. The highest BCUT2D eigenvalue weighted by Crippen LogP contribution is 2.30. The fraction of sp³-hybridized carbons (Fsp3) is 0.158. The van der Waals surface area contributed by atoms with Crippen molar-refractivity contribution in [3.63, 3.8) is 0 Å². The van der Waals surface area contributed by atoms with E-state index in [0.29, 0.717) is 16.4 Å². The second-order valence-electron chi connectivity index (χ2n) is 5.71. The van der Waals surface area contributed by atoms with Crippen molar-refractivity contribution in [2.24, 2.45) is 0 Å². The Labute approximate surface area is 160 Å². The minimum Gasteiger partial charge on any atom is -0.320 e. The van der Waals surface area contributed by atoms with E-state index in [4.69, 9.17) is 11.6 Å². The molecule has 0 fully saturated rings. The Hall–Kier alpha value is -2.44. The number of benzene rings is 2. The van der Waals surface area contributed by atoms with Gasteiger partial charge in [0.25, 0.3) is 11.5 Å². The van der Waals surface area contributed by atoms with E-state index in [0.717, 1.165) is 16.2 Å². The van der Waals surface area contributed by atoms with Gasteiger partial charge >= 0.3 is 0 Å². The van der Waals surface area contributed by atoms with Crippen LogP contribution in [0.5, 0.6) is 0 Å². The van der Waals surface area contributed by atoms with Crippen molar-refractivity contribution in [3.8, 4) is 5.69 Å². The van der Waals surface area contributed by atoms with E-state index in [2.05, 4.69) is 10.4 Å². The molecule has 0 radical (unpaired) electrons. The molecule has 2 N–H and O–H groups in total. The molecule has 0 bridgehead atoms. The van der Waals surface area contributed by atoms with Crippen LogP contribution < -0.4 is 10.9 Å². The number of nitrogens with zero attached hydrogens (tertiary/aromatic N) is 1. The van der Waals surface area contributed by atoms with Gasteiger partial charge in [0.05, 0.1) is 11.4 Å². The van der Waals surface area contributed by atoms with Crippen LogP contribution in [0.1, 0.15) is 23.0 Å². The van der Waals surface area contributed by atoms with Gasteiger partial charge in [-0.05, 0) is 43.0 Å². The predicted molar refractivity (Wildman–Crippen MR) is 107 cm³/mol. The zero-order valence-corrected chi connectivity index (χ0v) is 15.9. The summed E-state index contributed by atoms with van der Waals surface area (Å²) in [6, 6.07) is 14.1. The molecule has 0 unspecified atom stereocenters. The molecule has 5 nitrogen and oxygen atoms in total. The molecule has 26 heavy (non-hydrogen) atoms. The molecule has 3 aromatic rings. The maximum atomic E-state index is 12.6. The molecule has 0 atom stereocenters. The fourth-order valence-corrected chi connectivity index (χ4v) is 3.38. The van der Waals surface area contributed by atoms with Crippen LogP contribution >= 0.6 is 23.4 Å². The lowest BCUT2D eigenvalue weighted by Gasteiger charge is -2.10. The van der Waals surface area contributed by atoms with Crippen LogP contribution in [0.25, 0.3) is 5.69 Å². The number of halogens is 1. The first-order valence-corrected chi connectivity index (χ1v) is 9.47. The first-order chi connectivity index (χ1) is 12.5. The number of aryl methyl sites for hydroxylation is 1. The number of anilines is 1. The van der Waals surface area contributed by atoms with Gasteiger partial charge in [0.2, 0.25) is 0 Å². The molecular formula is C19H18ClN3O2S. The van der Waals surface area contributed by atoms with Crippen LogP contribution in [-0.4, -0.2) is 21.4 Å². The maximum Gasteiger partial charge on any atom is 0.273 e. The van der Waals surface area contributed by atoms with Gasteiger partial charge in [-0.15, -0.1) is 11.8 Å². The molecule has 134 valence electrons. The van der Waals surface area contributed by atoms with Crippen LogP contribution in [0.3, 0.4) is 0 Å². The molecule has 0 spiro atoms. The molecule has 0 aliphatic heterocycles. The van der Waals surface area contributed by atoms with E-state index in [9.17, 15) is 9.59 Å². The van der Waals surface area contributed by atoms with E-state index in [-0.39, 0.29) is 11.3 Å². The lowest BCUT2D eigenvalue weighted by atomic mass is 10.2. The Morgan fingerprint density at radius 3 is 2.62 bits per heavy atom. The number of carbonyl (C=O) groups excluding carboxylic acids is 1. The van der Waals surface area contributed by atoms with Gasteiger partial charge in [-0.2, -0.15) is 0 Å². The standard InChI is InChI=1S/C19H18ClN3O2S/c1-3-26-17-9-6-13(20)10-15(17)21-19(25)16-11-18(24)23(22-16)14-7-4-12(2)5-8-14/h4-11,22H,3H2,1-2H3,(H,21,25). The number of hydrogen-bond donors (Lipinski definition) is 2. The van der Waals surface area contributed by atoms with E-state index < -0.39 is 5.91 Å². The zero-order valence-electron chi connectivity index (χ0n) is 14.4. The molecule has 0 saturated carbocycles. The summed E-state index contributed by atoms with van der Waals surface area (Å²) in [7, 11) is 0. The summed E-state index contributed by atoms with van der Waals surface area (Å²) in [6.07, 6.45) is 0. The third-order valence-electron chi connectivity index (χ3n) is 3.75. The van der Waals surface area contributed by atoms with E-state index in [1.807, 2.05) is 44.2 Å². The largest absolute Gasteiger partial charge is 0.320 e. The van der Waals surface area contributed by atoms with Crippen molar-refractivity contribution in [1.82, 2.24) is 9.78 Å². The average Bonchev–Trinajstić information content (AvgIpc) is 3.00. The Morgan fingerprint density at radius 1 is 1.19 bits per heavy atom. The van der Waals surface area contributed by atoms with Crippen LogP contribution in [0.2, 0.25) is 5.02 Å². The number of thioether (sulfide) groups is 1. The van der Waals surface area contributed by atoms with Crippen LogP contribution in [-0.2, 0) is 0 Å². The molecule has 0 saturated heterocycles. The summed E-state index contributed by atoms with van der Waals surface area (Å²) < 4.78 is 1.34. The summed E-state index contributed by atoms with van der Waals surface area (Å²) >= 11 is 7.65. The summed E-state index contributed by atoms with van der Waals surface area (Å²) in [6.45, 7) is 4.00. The lowest BCUT2D eigenvalue weighted by molar-refractivity contribution is 0.102. The van der Waals surface area contributed by atoms with Crippen molar-refractivity contribution in [3.05, 3.63) is 75.2 Å². The van der Waals surface area contributed by atoms with Crippen molar-refractivity contribution >= 4 is 35.0 Å². The van der Waals surface area contributed by atoms with Crippen LogP contribution in [0.4, 0.5) is 5.69 Å². The van der Waals surface area contributed by atoms with Gasteiger partial charge in [0, 0.05) is 16.0 Å². The van der Waals surface area contributed by atoms with Crippen LogP contribution in [0.15, 0.2) is 58.2 Å². The van der Waals surface area contributed by atoms with E-state index in [1.54, 1.807) is 23.9 Å². The molecule has 7 heteroatoms. The molecule has 1 amide bonds. The number of hydrogen-bond acceptors (Lipinski definition) is 3. The molecule has 0 aliphatic carbocycles. The minimum absolute atomic E-state index is 0.183. The predicted octanol–water partition coefficient (Wildman–Crippen LogP) is 4.49. The SMILES string of the molecule is CCSc1ccc(Cl)cc1NC(=O)c1cc(=O)n(-c2ccc(C)cc2)[nH]1. The number of aromatic nitrogens is 2. The Kier molecular flexibility index (Phi) is 5.54. The Balaban J connectivity index is 1.88. The number of rotatable bonds is 5. The topological polar surface area (TPSA) is 66.9 Å². The van der Waals surface area contributed by atoms with Gasteiger partial charge in [0.15, 0.2) is 0 Å². The average molecular weight is 388 g/mol. The number of H-pyrrole nitrogens is 1. The van der Waals surface area contributed by atoms with Crippen molar-refractivity contribution in [2.75, 3.05) is 11.1 Å². The summed E-state index contributed by atoms with van der Waals surface area (Å²) in [4.78, 5) is 25.7. The number of amides is 1. The van der Waals surface area contributed by atoms with Crippen molar-refractivity contribution in [2.45, 2.75) is 18.7 Å². The Bertz CT molecular complexity index is 993. The summed E-state index contributed by atoms with van der Waals surface area (Å²) in [5.41, 5.74) is 2.27. The summed E-state index contributed by atoms with van der Waals surface area (Å²) in [5, 5.41) is 6.22. The molecule has 3 rings (SSSR count). The van der Waals surface area contributed by atoms with Gasteiger partial charge in [-0.1, -0.05) is 36.2 Å². The highest BCUT2D eigenvalue weighted by molar-refractivity contribution is 7.99. The second kappa shape index (κ2) is 7.85. The minimum atomic E-state index is -0.395. The first-order valence-electron chi connectivity index (χ1n) is 8.10. The van der Waals surface area contributed by atoms with Crippen LogP contribution in [0, 0.1) is 6.92 Å². The zero-order chi connectivity index (χ0) is 18.7. The molecule has 1 aromatic heterocycles. The molecular weight excluding hydrogens is 370 g/mol. The molecule has 2 aromatic carbocycles. The van der Waals surface area contributed by atoms with Gasteiger partial charge in [-0.3, -0.25) is 14.7 Å². The maximum absolute atomic E-state index is 12.6. The highest BCUT2D eigenvalue weighted by atomic mass is 35.5. The quantitative estimate of drug-likeness (QED) is 0.634. The monoisotopic (exact) mass is 387 g/mol. The van der Waals surface area contributed by atoms with Crippen molar-refractivity contribution < 1.29 is 4.79 Å². The van der Waals surface area contributed by atoms with E-state index >= 15 is 0 Å². The molecule has 1 heterocycles. The lowest BCUT2D eigenvalue weighted by Crippen LogP contribution is -2.14. The molecule has 0 aliphatic rings. The highest BCUT2D eigenvalue weighted by Gasteiger charge is 2.14. The van der Waals surface area contributed by atoms with Gasteiger partial charge in [0.1, 0.15) is 5.69 Å². The van der Waals surface area contributed by atoms with E-state index in [1.165, 1.54) is 10.7 Å². The van der Waals surface area contributed by atoms with Gasteiger partial charge in [-0.25, -0.2) is 4.68 Å². The number of nitrogens with one attached hydrogen (secondary N) is 2. The summed E-state index contributed by atoms with van der Waals surface area (Å²) in [5.74, 6) is 0.471. The number of carbonyl (C=O) groups is 1.